The van der Waals surface area contributed by atoms with Gasteiger partial charge < -0.3 is 15.6 Å². The lowest BCUT2D eigenvalue weighted by molar-refractivity contribution is -0.385. The van der Waals surface area contributed by atoms with Crippen LogP contribution in [-0.2, 0) is 4.79 Å². The molecule has 0 bridgehead atoms. The second kappa shape index (κ2) is 6.67. The third-order valence-corrected chi connectivity index (χ3v) is 3.12. The first kappa shape index (κ1) is 16.4. The molecule has 1 rings (SSSR count). The van der Waals surface area contributed by atoms with Crippen molar-refractivity contribution in [2.75, 3.05) is 6.61 Å². The lowest BCUT2D eigenvalue weighted by Crippen LogP contribution is -2.44. The average molecular weight is 347 g/mol. The summed E-state index contributed by atoms with van der Waals surface area (Å²) in [6.07, 6.45) is 0.679. The van der Waals surface area contributed by atoms with Gasteiger partial charge in [-0.25, -0.2) is 0 Å². The lowest BCUT2D eigenvalue weighted by Gasteiger charge is -2.18. The Kier molecular flexibility index (Phi) is 5.46. The van der Waals surface area contributed by atoms with E-state index >= 15 is 0 Å². The third kappa shape index (κ3) is 4.78. The van der Waals surface area contributed by atoms with E-state index < -0.39 is 16.4 Å². The Balaban J connectivity index is 2.55. The smallest absolute Gasteiger partial charge is 0.323 e. The van der Waals surface area contributed by atoms with Gasteiger partial charge in [0.15, 0.2) is 0 Å². The standard InChI is InChI=1S/C12H15BrN2O5/c1-12(14,11(16)17)3-2-4-20-10-6-8(13)5-9(7-10)15(18)19/h5-7H,2-4,14H2,1H3,(H,16,17). The summed E-state index contributed by atoms with van der Waals surface area (Å²) in [5, 5.41) is 19.5. The fourth-order valence-electron chi connectivity index (χ4n) is 1.47. The molecule has 0 spiro atoms. The van der Waals surface area contributed by atoms with Crippen molar-refractivity contribution in [3.63, 3.8) is 0 Å². The number of hydrogen-bond acceptors (Lipinski definition) is 5. The summed E-state index contributed by atoms with van der Waals surface area (Å²) < 4.78 is 5.91. The van der Waals surface area contributed by atoms with Crippen LogP contribution in [0.3, 0.4) is 0 Å². The van der Waals surface area contributed by atoms with Crippen molar-refractivity contribution in [3.05, 3.63) is 32.8 Å². The fraction of sp³-hybridized carbons (Fsp3) is 0.417. The van der Waals surface area contributed by atoms with E-state index in [0.29, 0.717) is 16.6 Å². The Morgan fingerprint density at radius 1 is 1.55 bits per heavy atom. The molecule has 0 radical (unpaired) electrons. The number of ether oxygens (including phenoxy) is 1. The predicted octanol–water partition coefficient (Wildman–Crippen LogP) is 2.32. The van der Waals surface area contributed by atoms with Crippen LogP contribution in [0.25, 0.3) is 0 Å². The molecule has 0 saturated heterocycles. The van der Waals surface area contributed by atoms with Gasteiger partial charge in [0, 0.05) is 10.5 Å². The summed E-state index contributed by atoms with van der Waals surface area (Å²) in [6, 6.07) is 4.28. The highest BCUT2D eigenvalue weighted by Gasteiger charge is 2.26. The zero-order valence-electron chi connectivity index (χ0n) is 10.8. The molecule has 0 heterocycles. The highest BCUT2D eigenvalue weighted by molar-refractivity contribution is 9.10. The second-order valence-electron chi connectivity index (χ2n) is 4.58. The number of benzene rings is 1. The number of aliphatic carboxylic acids is 1. The van der Waals surface area contributed by atoms with Crippen molar-refractivity contribution < 1.29 is 19.6 Å². The molecule has 0 aromatic heterocycles. The molecular formula is C12H15BrN2O5. The minimum Gasteiger partial charge on any atom is -0.493 e. The maximum Gasteiger partial charge on any atom is 0.323 e. The van der Waals surface area contributed by atoms with Gasteiger partial charge in [-0.3, -0.25) is 14.9 Å². The predicted molar refractivity (Wildman–Crippen MR) is 75.8 cm³/mol. The van der Waals surface area contributed by atoms with E-state index in [-0.39, 0.29) is 18.7 Å². The highest BCUT2D eigenvalue weighted by atomic mass is 79.9. The minimum atomic E-state index is -1.30. The summed E-state index contributed by atoms with van der Waals surface area (Å²) in [5.74, 6) is -0.726. The van der Waals surface area contributed by atoms with E-state index in [1.54, 1.807) is 6.07 Å². The molecule has 0 aliphatic rings. The summed E-state index contributed by atoms with van der Waals surface area (Å²) in [6.45, 7) is 1.66. The third-order valence-electron chi connectivity index (χ3n) is 2.66. The van der Waals surface area contributed by atoms with Crippen LogP contribution in [0.1, 0.15) is 19.8 Å². The molecular weight excluding hydrogens is 332 g/mol. The van der Waals surface area contributed by atoms with E-state index in [4.69, 9.17) is 15.6 Å². The minimum absolute atomic E-state index is 0.0800. The van der Waals surface area contributed by atoms with E-state index in [1.807, 2.05) is 0 Å². The summed E-state index contributed by atoms with van der Waals surface area (Å²) in [7, 11) is 0. The van der Waals surface area contributed by atoms with Crippen LogP contribution in [0, 0.1) is 10.1 Å². The van der Waals surface area contributed by atoms with E-state index in [0.717, 1.165) is 0 Å². The average Bonchev–Trinajstić information content (AvgIpc) is 2.33. The number of nitro groups is 1. The molecule has 1 aromatic carbocycles. The van der Waals surface area contributed by atoms with Gasteiger partial charge in [0.05, 0.1) is 17.6 Å². The van der Waals surface area contributed by atoms with Crippen molar-refractivity contribution in [1.29, 1.82) is 0 Å². The van der Waals surface area contributed by atoms with Crippen molar-refractivity contribution in [2.24, 2.45) is 5.73 Å². The van der Waals surface area contributed by atoms with Gasteiger partial charge in [-0.2, -0.15) is 0 Å². The molecule has 0 aliphatic carbocycles. The van der Waals surface area contributed by atoms with Crippen LogP contribution in [0.2, 0.25) is 0 Å². The van der Waals surface area contributed by atoms with Crippen molar-refractivity contribution >= 4 is 27.6 Å². The largest absolute Gasteiger partial charge is 0.493 e. The zero-order valence-corrected chi connectivity index (χ0v) is 12.4. The summed E-state index contributed by atoms with van der Waals surface area (Å²) in [5.41, 5.74) is 4.20. The van der Waals surface area contributed by atoms with Gasteiger partial charge >= 0.3 is 5.97 Å². The van der Waals surface area contributed by atoms with Gasteiger partial charge in [-0.15, -0.1) is 0 Å². The SMILES string of the molecule is CC(N)(CCCOc1cc(Br)cc([N+](=O)[O-])c1)C(=O)O. The highest BCUT2D eigenvalue weighted by Crippen LogP contribution is 2.26. The summed E-state index contributed by atoms with van der Waals surface area (Å²) >= 11 is 3.16. The number of halogens is 1. The Labute approximate surface area is 124 Å². The van der Waals surface area contributed by atoms with E-state index in [9.17, 15) is 14.9 Å². The monoisotopic (exact) mass is 346 g/mol. The molecule has 0 fully saturated rings. The van der Waals surface area contributed by atoms with Crippen molar-refractivity contribution in [3.8, 4) is 5.75 Å². The van der Waals surface area contributed by atoms with E-state index in [1.165, 1.54) is 19.1 Å². The Morgan fingerprint density at radius 2 is 2.20 bits per heavy atom. The van der Waals surface area contributed by atoms with Crippen molar-refractivity contribution in [2.45, 2.75) is 25.3 Å². The first-order valence-electron chi connectivity index (χ1n) is 5.82. The molecule has 110 valence electrons. The molecule has 7 nitrogen and oxygen atoms in total. The number of carboxylic acids is 1. The van der Waals surface area contributed by atoms with Crippen LogP contribution in [0.5, 0.6) is 5.75 Å². The molecule has 20 heavy (non-hydrogen) atoms. The lowest BCUT2D eigenvalue weighted by atomic mass is 9.98. The Morgan fingerprint density at radius 3 is 2.75 bits per heavy atom. The van der Waals surface area contributed by atoms with Gasteiger partial charge in [0.2, 0.25) is 0 Å². The van der Waals surface area contributed by atoms with E-state index in [2.05, 4.69) is 15.9 Å². The molecule has 8 heteroatoms. The number of nitro benzene ring substituents is 1. The fourth-order valence-corrected chi connectivity index (χ4v) is 1.93. The van der Waals surface area contributed by atoms with Crippen LogP contribution in [-0.4, -0.2) is 28.1 Å². The van der Waals surface area contributed by atoms with Gasteiger partial charge in [-0.05, 0) is 25.8 Å². The van der Waals surface area contributed by atoms with Gasteiger partial charge in [0.1, 0.15) is 11.3 Å². The Hall–Kier alpha value is -1.67. The molecule has 3 N–H and O–H groups in total. The molecule has 0 aliphatic heterocycles. The quantitative estimate of drug-likeness (QED) is 0.444. The van der Waals surface area contributed by atoms with Crippen LogP contribution in [0.15, 0.2) is 22.7 Å². The number of hydrogen-bond donors (Lipinski definition) is 2. The first-order chi connectivity index (χ1) is 9.22. The maximum absolute atomic E-state index is 10.8. The summed E-state index contributed by atoms with van der Waals surface area (Å²) in [4.78, 5) is 21.0. The molecule has 0 amide bonds. The van der Waals surface area contributed by atoms with Gasteiger partial charge in [0.25, 0.3) is 5.69 Å². The van der Waals surface area contributed by atoms with Crippen LogP contribution in [0.4, 0.5) is 5.69 Å². The maximum atomic E-state index is 10.8. The second-order valence-corrected chi connectivity index (χ2v) is 5.49. The normalized spacial score (nSPS) is 13.6. The molecule has 1 unspecified atom stereocenters. The van der Waals surface area contributed by atoms with Gasteiger partial charge in [-0.1, -0.05) is 15.9 Å². The number of nitrogens with zero attached hydrogens (tertiary/aromatic N) is 1. The number of non-ortho nitro benzene ring substituents is 1. The number of carboxylic acid groups (broad SMARTS) is 1. The zero-order chi connectivity index (χ0) is 15.3. The topological polar surface area (TPSA) is 116 Å². The van der Waals surface area contributed by atoms with Crippen LogP contribution < -0.4 is 10.5 Å². The van der Waals surface area contributed by atoms with Crippen molar-refractivity contribution in [1.82, 2.24) is 0 Å². The molecule has 1 atom stereocenters. The number of carbonyl (C=O) groups is 1. The van der Waals surface area contributed by atoms with Crippen LogP contribution >= 0.6 is 15.9 Å². The Bertz CT molecular complexity index is 519. The molecule has 1 aromatic rings. The number of nitrogens with two attached hydrogens (primary N) is 1. The number of rotatable bonds is 7. The molecule has 0 saturated carbocycles. The first-order valence-corrected chi connectivity index (χ1v) is 6.62.